The number of hydrogen-bond donors (Lipinski definition) is 3. The molecule has 1 aliphatic rings. The Morgan fingerprint density at radius 1 is 1.03 bits per heavy atom. The molecule has 0 unspecified atom stereocenters. The normalized spacial score (nSPS) is 14.4. The summed E-state index contributed by atoms with van der Waals surface area (Å²) >= 11 is 0. The lowest BCUT2D eigenvalue weighted by atomic mass is 9.93. The summed E-state index contributed by atoms with van der Waals surface area (Å²) in [5.41, 5.74) is 5.24. The Morgan fingerprint density at radius 2 is 1.58 bits per heavy atom. The molecule has 0 bridgehead atoms. The molecule has 2 aromatic carbocycles. The highest BCUT2D eigenvalue weighted by atomic mass is 19.4. The number of alkyl halides is 6. The number of anilines is 1. The number of rotatable bonds is 4. The highest BCUT2D eigenvalue weighted by Gasteiger charge is 2.38. The summed E-state index contributed by atoms with van der Waals surface area (Å²) in [6, 6.07) is 5.52. The number of hydrogen-bond acceptors (Lipinski definition) is 4. The molecule has 0 fully saturated rings. The number of nitrogens with zero attached hydrogens (tertiary/aromatic N) is 1. The van der Waals surface area contributed by atoms with E-state index in [1.165, 1.54) is 23.2 Å². The topological polar surface area (TPSA) is 78.6 Å². The molecule has 4 N–H and O–H groups in total. The van der Waals surface area contributed by atoms with Crippen molar-refractivity contribution in [3.63, 3.8) is 0 Å². The lowest BCUT2D eigenvalue weighted by molar-refractivity contribution is -0.143. The Balaban J connectivity index is 2.33. The van der Waals surface area contributed by atoms with Gasteiger partial charge >= 0.3 is 18.3 Å². The maximum absolute atomic E-state index is 13.3. The van der Waals surface area contributed by atoms with Crippen LogP contribution < -0.4 is 16.2 Å². The van der Waals surface area contributed by atoms with Crippen molar-refractivity contribution in [2.45, 2.75) is 25.7 Å². The Labute approximate surface area is 172 Å². The molecule has 31 heavy (non-hydrogen) atoms. The van der Waals surface area contributed by atoms with Crippen LogP contribution in [0, 0.1) is 0 Å². The fourth-order valence-corrected chi connectivity index (χ4v) is 3.34. The number of carboxylic acid groups (broad SMARTS) is 1. The number of aliphatic carboxylic acids is 1. The van der Waals surface area contributed by atoms with Gasteiger partial charge in [0.25, 0.3) is 0 Å². The van der Waals surface area contributed by atoms with Crippen molar-refractivity contribution >= 4 is 17.4 Å². The van der Waals surface area contributed by atoms with Crippen molar-refractivity contribution in [1.29, 1.82) is 0 Å². The van der Waals surface area contributed by atoms with Gasteiger partial charge in [-0.2, -0.15) is 26.3 Å². The third-order valence-corrected chi connectivity index (χ3v) is 4.67. The lowest BCUT2D eigenvalue weighted by Crippen LogP contribution is -2.45. The SMILES string of the molecule is CCCN1NC(C(=O)O)=C(N)c2cccc(-c3cc(C(F)(F)F)cc(C(F)(F)F)c3)c21. The molecule has 0 saturated heterocycles. The minimum atomic E-state index is -5.00. The van der Waals surface area contributed by atoms with E-state index in [0.717, 1.165) is 0 Å². The summed E-state index contributed by atoms with van der Waals surface area (Å²) in [4.78, 5) is 11.5. The molecule has 0 spiro atoms. The van der Waals surface area contributed by atoms with E-state index in [1.54, 1.807) is 6.92 Å². The molecule has 1 aliphatic heterocycles. The van der Waals surface area contributed by atoms with E-state index in [2.05, 4.69) is 5.43 Å². The molecular formula is C20H17F6N3O2. The summed E-state index contributed by atoms with van der Waals surface area (Å²) in [7, 11) is 0. The van der Waals surface area contributed by atoms with Gasteiger partial charge < -0.3 is 10.8 Å². The third-order valence-electron chi connectivity index (χ3n) is 4.67. The van der Waals surface area contributed by atoms with Gasteiger partial charge in [-0.25, -0.2) is 4.79 Å². The van der Waals surface area contributed by atoms with E-state index in [-0.39, 0.29) is 46.4 Å². The van der Waals surface area contributed by atoms with Crippen LogP contribution >= 0.6 is 0 Å². The molecule has 0 aliphatic carbocycles. The molecule has 0 atom stereocenters. The molecule has 0 aromatic heterocycles. The fourth-order valence-electron chi connectivity index (χ4n) is 3.34. The maximum Gasteiger partial charge on any atom is 0.416 e. The second-order valence-electron chi connectivity index (χ2n) is 6.85. The average Bonchev–Trinajstić information content (AvgIpc) is 2.68. The Hall–Kier alpha value is -3.37. The number of para-hydroxylation sites is 1. The standard InChI is InChI=1S/C20H17F6N3O2/c1-2-6-29-17-13(4-3-5-14(17)15(27)16(28-29)18(30)31)10-7-11(19(21,22)23)9-12(8-10)20(24,25)26/h3-5,7-9,28H,2,6,27H2,1H3,(H,30,31). The molecule has 0 radical (unpaired) electrons. The van der Waals surface area contributed by atoms with Gasteiger partial charge in [0.2, 0.25) is 0 Å². The van der Waals surface area contributed by atoms with E-state index in [1.807, 2.05) is 0 Å². The Morgan fingerprint density at radius 3 is 2.06 bits per heavy atom. The highest BCUT2D eigenvalue weighted by molar-refractivity contribution is 6.01. The smallest absolute Gasteiger partial charge is 0.416 e. The van der Waals surface area contributed by atoms with Crippen molar-refractivity contribution in [1.82, 2.24) is 5.43 Å². The molecular weight excluding hydrogens is 428 g/mol. The largest absolute Gasteiger partial charge is 0.476 e. The number of benzene rings is 2. The van der Waals surface area contributed by atoms with Gasteiger partial charge in [-0.15, -0.1) is 0 Å². The zero-order valence-corrected chi connectivity index (χ0v) is 16.0. The first-order valence-electron chi connectivity index (χ1n) is 9.05. The predicted octanol–water partition coefficient (Wildman–Crippen LogP) is 4.84. The van der Waals surface area contributed by atoms with Crippen LogP contribution in [-0.2, 0) is 17.1 Å². The van der Waals surface area contributed by atoms with Crippen molar-refractivity contribution in [3.8, 4) is 11.1 Å². The Bertz CT molecular complexity index is 1030. The van der Waals surface area contributed by atoms with Gasteiger partial charge in [0.05, 0.1) is 22.5 Å². The van der Waals surface area contributed by atoms with Crippen LogP contribution in [0.2, 0.25) is 0 Å². The second-order valence-corrected chi connectivity index (χ2v) is 6.85. The van der Waals surface area contributed by atoms with Crippen LogP contribution in [0.1, 0.15) is 30.0 Å². The van der Waals surface area contributed by atoms with Gasteiger partial charge in [-0.3, -0.25) is 10.4 Å². The number of halogens is 6. The Kier molecular flexibility index (Phi) is 5.55. The van der Waals surface area contributed by atoms with Crippen LogP contribution in [0.5, 0.6) is 0 Å². The number of carboxylic acids is 1. The van der Waals surface area contributed by atoms with E-state index in [4.69, 9.17) is 5.73 Å². The summed E-state index contributed by atoms with van der Waals surface area (Å²) in [5, 5.41) is 10.7. The van der Waals surface area contributed by atoms with Crippen LogP contribution in [0.25, 0.3) is 16.8 Å². The van der Waals surface area contributed by atoms with Gasteiger partial charge in [0.1, 0.15) is 0 Å². The van der Waals surface area contributed by atoms with E-state index in [0.29, 0.717) is 18.6 Å². The van der Waals surface area contributed by atoms with E-state index < -0.39 is 29.4 Å². The summed E-state index contributed by atoms with van der Waals surface area (Å²) in [6.45, 7) is 2.00. The van der Waals surface area contributed by atoms with Crippen LogP contribution in [0.4, 0.5) is 32.0 Å². The quantitative estimate of drug-likeness (QED) is 0.588. The molecule has 11 heteroatoms. The van der Waals surface area contributed by atoms with Crippen molar-refractivity contribution in [2.24, 2.45) is 5.73 Å². The molecule has 5 nitrogen and oxygen atoms in total. The zero-order chi connectivity index (χ0) is 23.1. The minimum absolute atomic E-state index is 0.0439. The predicted molar refractivity (Wildman–Crippen MR) is 101 cm³/mol. The minimum Gasteiger partial charge on any atom is -0.476 e. The first-order valence-corrected chi connectivity index (χ1v) is 9.05. The zero-order valence-electron chi connectivity index (χ0n) is 16.0. The van der Waals surface area contributed by atoms with Crippen molar-refractivity contribution < 1.29 is 36.2 Å². The van der Waals surface area contributed by atoms with Crippen LogP contribution in [-0.4, -0.2) is 17.6 Å². The number of fused-ring (bicyclic) bond motifs is 1. The second kappa shape index (κ2) is 7.71. The van der Waals surface area contributed by atoms with E-state index >= 15 is 0 Å². The molecule has 166 valence electrons. The summed E-state index contributed by atoms with van der Waals surface area (Å²) in [6.07, 6.45) is -9.49. The average molecular weight is 445 g/mol. The monoisotopic (exact) mass is 445 g/mol. The van der Waals surface area contributed by atoms with Gasteiger partial charge in [0, 0.05) is 17.7 Å². The first kappa shape index (κ1) is 22.3. The summed E-state index contributed by atoms with van der Waals surface area (Å²) < 4.78 is 79.8. The van der Waals surface area contributed by atoms with Crippen LogP contribution in [0.15, 0.2) is 42.1 Å². The number of nitrogens with two attached hydrogens (primary N) is 1. The fraction of sp³-hybridized carbons (Fsp3) is 0.250. The van der Waals surface area contributed by atoms with Crippen molar-refractivity contribution in [2.75, 3.05) is 11.6 Å². The van der Waals surface area contributed by atoms with E-state index in [9.17, 15) is 36.2 Å². The molecule has 2 aromatic rings. The number of carbonyl (C=O) groups is 1. The summed E-state index contributed by atoms with van der Waals surface area (Å²) in [5.74, 6) is -1.35. The lowest BCUT2D eigenvalue weighted by Gasteiger charge is -2.35. The molecule has 0 amide bonds. The van der Waals surface area contributed by atoms with Gasteiger partial charge in [0.15, 0.2) is 5.70 Å². The van der Waals surface area contributed by atoms with Gasteiger partial charge in [-0.1, -0.05) is 25.1 Å². The van der Waals surface area contributed by atoms with Crippen molar-refractivity contribution in [3.05, 3.63) is 58.8 Å². The highest BCUT2D eigenvalue weighted by Crippen LogP contribution is 2.43. The molecule has 1 heterocycles. The van der Waals surface area contributed by atoms with Crippen LogP contribution in [0.3, 0.4) is 0 Å². The molecule has 3 rings (SSSR count). The maximum atomic E-state index is 13.3. The number of hydrazine groups is 1. The van der Waals surface area contributed by atoms with Gasteiger partial charge in [-0.05, 0) is 30.2 Å². The third kappa shape index (κ3) is 4.25. The first-order chi connectivity index (χ1) is 14.3. The molecule has 0 saturated carbocycles. The number of nitrogens with one attached hydrogen (secondary N) is 1.